The van der Waals surface area contributed by atoms with Gasteiger partial charge in [-0.25, -0.2) is 0 Å². The van der Waals surface area contributed by atoms with Crippen LogP contribution in [0.4, 0.5) is 0 Å². The first-order valence-corrected chi connectivity index (χ1v) is 7.44. The van der Waals surface area contributed by atoms with Gasteiger partial charge in [-0.1, -0.05) is 32.9 Å². The Morgan fingerprint density at radius 3 is 2.58 bits per heavy atom. The van der Waals surface area contributed by atoms with Crippen molar-refractivity contribution in [2.75, 3.05) is 6.54 Å². The van der Waals surface area contributed by atoms with Crippen LogP contribution in [0.15, 0.2) is 25.4 Å². The van der Waals surface area contributed by atoms with E-state index in [0.717, 1.165) is 19.4 Å². The van der Waals surface area contributed by atoms with Crippen LogP contribution >= 0.6 is 0 Å². The van der Waals surface area contributed by atoms with Gasteiger partial charge in [-0.2, -0.15) is 5.26 Å². The third kappa shape index (κ3) is 7.03. The molecule has 0 aromatic carbocycles. The SMILES string of the molecule is C=CNC(C#N)CCC(C=C)C1CCCCN1.CC. The topological polar surface area (TPSA) is 47.9 Å². The van der Waals surface area contributed by atoms with Gasteiger partial charge in [0.05, 0.1) is 6.07 Å². The average Bonchev–Trinajstić information content (AvgIpc) is 2.50. The second-order valence-electron chi connectivity index (χ2n) is 4.59. The quantitative estimate of drug-likeness (QED) is 0.692. The molecule has 0 radical (unpaired) electrons. The molecule has 0 aromatic rings. The molecule has 108 valence electrons. The lowest BCUT2D eigenvalue weighted by Gasteiger charge is -2.30. The van der Waals surface area contributed by atoms with Crippen LogP contribution in [0.25, 0.3) is 0 Å². The zero-order valence-electron chi connectivity index (χ0n) is 12.5. The Hall–Kier alpha value is -1.27. The van der Waals surface area contributed by atoms with E-state index >= 15 is 0 Å². The van der Waals surface area contributed by atoms with E-state index < -0.39 is 0 Å². The van der Waals surface area contributed by atoms with Crippen molar-refractivity contribution in [2.45, 2.75) is 58.0 Å². The van der Waals surface area contributed by atoms with Crippen LogP contribution in [-0.4, -0.2) is 18.6 Å². The van der Waals surface area contributed by atoms with Crippen molar-refractivity contribution < 1.29 is 0 Å². The molecular weight excluding hydrogens is 234 g/mol. The molecule has 0 bridgehead atoms. The number of piperidine rings is 1. The molecule has 3 nitrogen and oxygen atoms in total. The molecule has 0 spiro atoms. The van der Waals surface area contributed by atoms with E-state index in [1.54, 1.807) is 6.20 Å². The molecule has 3 unspecified atom stereocenters. The number of hydrogen-bond acceptors (Lipinski definition) is 3. The van der Waals surface area contributed by atoms with Crippen LogP contribution in [0.2, 0.25) is 0 Å². The summed E-state index contributed by atoms with van der Waals surface area (Å²) in [6.07, 6.45) is 9.27. The van der Waals surface area contributed by atoms with Gasteiger partial charge in [0.15, 0.2) is 0 Å². The molecule has 1 rings (SSSR count). The lowest BCUT2D eigenvalue weighted by Crippen LogP contribution is -2.39. The summed E-state index contributed by atoms with van der Waals surface area (Å²) in [6.45, 7) is 12.6. The van der Waals surface area contributed by atoms with E-state index in [4.69, 9.17) is 5.26 Å². The van der Waals surface area contributed by atoms with E-state index in [2.05, 4.69) is 29.9 Å². The molecule has 1 aliphatic rings. The van der Waals surface area contributed by atoms with E-state index in [9.17, 15) is 0 Å². The maximum atomic E-state index is 8.95. The summed E-state index contributed by atoms with van der Waals surface area (Å²) in [5.74, 6) is 0.470. The first kappa shape index (κ1) is 17.7. The van der Waals surface area contributed by atoms with Crippen molar-refractivity contribution in [2.24, 2.45) is 5.92 Å². The van der Waals surface area contributed by atoms with E-state index in [0.29, 0.717) is 12.0 Å². The summed E-state index contributed by atoms with van der Waals surface area (Å²) in [5.41, 5.74) is 0. The molecule has 0 amide bonds. The van der Waals surface area contributed by atoms with Gasteiger partial charge in [-0.3, -0.25) is 0 Å². The van der Waals surface area contributed by atoms with Crippen molar-refractivity contribution >= 4 is 0 Å². The standard InChI is InChI=1S/C14H23N3.C2H6/c1-3-12(14-7-5-6-10-17-14)8-9-13(11-15)16-4-2;1-2/h3-4,12-14,16-17H,1-2,5-10H2;1-2H3. The van der Waals surface area contributed by atoms with E-state index in [1.165, 1.54) is 19.3 Å². The first-order chi connectivity index (χ1) is 9.31. The molecule has 1 aliphatic heterocycles. The highest BCUT2D eigenvalue weighted by atomic mass is 14.9. The minimum Gasteiger partial charge on any atom is -0.376 e. The summed E-state index contributed by atoms with van der Waals surface area (Å²) >= 11 is 0. The Morgan fingerprint density at radius 2 is 2.11 bits per heavy atom. The van der Waals surface area contributed by atoms with Gasteiger partial charge in [0, 0.05) is 6.04 Å². The molecule has 19 heavy (non-hydrogen) atoms. The molecule has 2 N–H and O–H groups in total. The van der Waals surface area contributed by atoms with Gasteiger partial charge in [0.25, 0.3) is 0 Å². The molecule has 3 atom stereocenters. The van der Waals surface area contributed by atoms with Crippen LogP contribution in [-0.2, 0) is 0 Å². The smallest absolute Gasteiger partial charge is 0.114 e. The fourth-order valence-electron chi connectivity index (χ4n) is 2.41. The number of nitrogens with one attached hydrogen (secondary N) is 2. The second kappa shape index (κ2) is 11.8. The summed E-state index contributed by atoms with van der Waals surface area (Å²) in [4.78, 5) is 0. The Bertz CT molecular complexity index is 274. The highest BCUT2D eigenvalue weighted by molar-refractivity contribution is 4.96. The second-order valence-corrected chi connectivity index (χ2v) is 4.59. The fraction of sp³-hybridized carbons (Fsp3) is 0.688. The van der Waals surface area contributed by atoms with Crippen molar-refractivity contribution in [1.82, 2.24) is 10.6 Å². The molecule has 0 aromatic heterocycles. The Labute approximate surface area is 118 Å². The Kier molecular flexibility index (Phi) is 11.0. The van der Waals surface area contributed by atoms with Crippen LogP contribution in [0, 0.1) is 17.2 Å². The monoisotopic (exact) mass is 263 g/mol. The third-order valence-corrected chi connectivity index (χ3v) is 3.43. The normalized spacial score (nSPS) is 21.0. The molecule has 1 fully saturated rings. The van der Waals surface area contributed by atoms with Gasteiger partial charge in [-0.05, 0) is 44.3 Å². The van der Waals surface area contributed by atoms with Gasteiger partial charge < -0.3 is 10.6 Å². The van der Waals surface area contributed by atoms with Crippen molar-refractivity contribution in [1.29, 1.82) is 5.26 Å². The van der Waals surface area contributed by atoms with Gasteiger partial charge in [0.2, 0.25) is 0 Å². The van der Waals surface area contributed by atoms with Crippen LogP contribution in [0.1, 0.15) is 46.0 Å². The van der Waals surface area contributed by atoms with Crippen molar-refractivity contribution in [3.63, 3.8) is 0 Å². The van der Waals surface area contributed by atoms with Crippen molar-refractivity contribution in [3.05, 3.63) is 25.4 Å². The third-order valence-electron chi connectivity index (χ3n) is 3.43. The predicted octanol–water partition coefficient (Wildman–Crippen LogP) is 3.36. The molecule has 1 heterocycles. The minimum absolute atomic E-state index is 0.126. The van der Waals surface area contributed by atoms with Crippen molar-refractivity contribution in [3.8, 4) is 6.07 Å². The minimum atomic E-state index is -0.126. The average molecular weight is 263 g/mol. The zero-order valence-corrected chi connectivity index (χ0v) is 12.5. The maximum Gasteiger partial charge on any atom is 0.114 e. The highest BCUT2D eigenvalue weighted by Crippen LogP contribution is 2.21. The highest BCUT2D eigenvalue weighted by Gasteiger charge is 2.21. The first-order valence-electron chi connectivity index (χ1n) is 7.44. The lowest BCUT2D eigenvalue weighted by atomic mass is 9.88. The van der Waals surface area contributed by atoms with E-state index in [-0.39, 0.29) is 6.04 Å². The van der Waals surface area contributed by atoms with E-state index in [1.807, 2.05) is 19.9 Å². The molecular formula is C16H29N3. The van der Waals surface area contributed by atoms with Crippen LogP contribution < -0.4 is 10.6 Å². The summed E-state index contributed by atoms with van der Waals surface area (Å²) in [5, 5.41) is 15.5. The van der Waals surface area contributed by atoms with Crippen LogP contribution in [0.5, 0.6) is 0 Å². The molecule has 3 heteroatoms. The number of hydrogen-bond donors (Lipinski definition) is 2. The maximum absolute atomic E-state index is 8.95. The lowest BCUT2D eigenvalue weighted by molar-refractivity contribution is 0.314. The number of nitrogens with zero attached hydrogens (tertiary/aromatic N) is 1. The Balaban J connectivity index is 0.00000154. The van der Waals surface area contributed by atoms with Gasteiger partial charge in [0.1, 0.15) is 6.04 Å². The number of nitriles is 1. The fourth-order valence-corrected chi connectivity index (χ4v) is 2.41. The van der Waals surface area contributed by atoms with Gasteiger partial charge >= 0.3 is 0 Å². The van der Waals surface area contributed by atoms with Gasteiger partial charge in [-0.15, -0.1) is 6.58 Å². The summed E-state index contributed by atoms with van der Waals surface area (Å²) in [7, 11) is 0. The predicted molar refractivity (Wildman–Crippen MR) is 82.6 cm³/mol. The largest absolute Gasteiger partial charge is 0.376 e. The molecule has 0 aliphatic carbocycles. The molecule has 1 saturated heterocycles. The Morgan fingerprint density at radius 1 is 1.37 bits per heavy atom. The summed E-state index contributed by atoms with van der Waals surface area (Å²) in [6, 6.07) is 2.67. The summed E-state index contributed by atoms with van der Waals surface area (Å²) < 4.78 is 0. The molecule has 0 saturated carbocycles. The zero-order chi connectivity index (χ0) is 14.5. The van der Waals surface area contributed by atoms with Crippen LogP contribution in [0.3, 0.4) is 0 Å². The number of rotatable bonds is 7.